The largest absolute Gasteiger partial charge is 0.314 e. The summed E-state index contributed by atoms with van der Waals surface area (Å²) in [5.41, 5.74) is 1.24. The zero-order valence-corrected chi connectivity index (χ0v) is 14.1. The van der Waals surface area contributed by atoms with E-state index < -0.39 is 9.84 Å². The molecule has 5 nitrogen and oxygen atoms in total. The molecule has 0 amide bonds. The van der Waals surface area contributed by atoms with Crippen LogP contribution in [0.15, 0.2) is 23.1 Å². The molecule has 0 unspecified atom stereocenters. The van der Waals surface area contributed by atoms with Crippen molar-refractivity contribution in [3.8, 4) is 0 Å². The van der Waals surface area contributed by atoms with E-state index in [0.29, 0.717) is 12.0 Å². The van der Waals surface area contributed by atoms with Crippen LogP contribution in [0.25, 0.3) is 0 Å². The Balaban J connectivity index is 2.28. The number of hydrogen-bond acceptors (Lipinski definition) is 5. The standard InChI is InChI=1S/C16H24N2O3S/c1-3-10-22(20,21)16-5-4-13(2)11-14(16)15(19)12-18-8-6-17-7-9-18/h4-5,11,17H,3,6-10,12H2,1-2H3. The molecule has 0 saturated carbocycles. The molecule has 1 aliphatic rings. The van der Waals surface area contributed by atoms with Crippen LogP contribution < -0.4 is 5.32 Å². The number of rotatable bonds is 6. The van der Waals surface area contributed by atoms with Gasteiger partial charge in [-0.2, -0.15) is 0 Å². The van der Waals surface area contributed by atoms with Crippen LogP contribution in [-0.2, 0) is 9.84 Å². The summed E-state index contributed by atoms with van der Waals surface area (Å²) < 4.78 is 24.8. The second-order valence-corrected chi connectivity index (χ2v) is 7.85. The molecular formula is C16H24N2O3S. The number of nitrogens with zero attached hydrogens (tertiary/aromatic N) is 1. The van der Waals surface area contributed by atoms with Gasteiger partial charge in [-0.3, -0.25) is 9.69 Å². The number of nitrogens with one attached hydrogen (secondary N) is 1. The molecule has 1 aliphatic heterocycles. The van der Waals surface area contributed by atoms with Crippen molar-refractivity contribution in [2.45, 2.75) is 25.2 Å². The molecule has 1 aromatic rings. The Hall–Kier alpha value is -1.24. The second-order valence-electron chi connectivity index (χ2n) is 5.77. The van der Waals surface area contributed by atoms with Crippen LogP contribution in [0.5, 0.6) is 0 Å². The maximum Gasteiger partial charge on any atom is 0.179 e. The van der Waals surface area contributed by atoms with Crippen molar-refractivity contribution in [1.29, 1.82) is 0 Å². The number of carbonyl (C=O) groups excluding carboxylic acids is 1. The predicted molar refractivity (Wildman–Crippen MR) is 87.2 cm³/mol. The Labute approximate surface area is 132 Å². The second kappa shape index (κ2) is 7.35. The highest BCUT2D eigenvalue weighted by Gasteiger charge is 2.23. The van der Waals surface area contributed by atoms with Gasteiger partial charge in [-0.05, 0) is 25.5 Å². The fraction of sp³-hybridized carbons (Fsp3) is 0.562. The quantitative estimate of drug-likeness (QED) is 0.798. The van der Waals surface area contributed by atoms with Gasteiger partial charge in [0.15, 0.2) is 15.6 Å². The van der Waals surface area contributed by atoms with Gasteiger partial charge in [0.25, 0.3) is 0 Å². The first-order valence-electron chi connectivity index (χ1n) is 7.73. The number of carbonyl (C=O) groups is 1. The molecule has 1 fully saturated rings. The Bertz CT molecular complexity index is 635. The zero-order chi connectivity index (χ0) is 16.2. The molecule has 0 bridgehead atoms. The maximum atomic E-state index is 12.6. The SMILES string of the molecule is CCCS(=O)(=O)c1ccc(C)cc1C(=O)CN1CCNCC1. The first-order valence-corrected chi connectivity index (χ1v) is 9.39. The molecule has 0 spiro atoms. The lowest BCUT2D eigenvalue weighted by molar-refractivity contribution is 0.0918. The topological polar surface area (TPSA) is 66.5 Å². The van der Waals surface area contributed by atoms with Crippen LogP contribution >= 0.6 is 0 Å². The Morgan fingerprint density at radius 2 is 1.95 bits per heavy atom. The van der Waals surface area contributed by atoms with Crippen LogP contribution in [0, 0.1) is 6.92 Å². The number of hydrogen-bond donors (Lipinski definition) is 1. The monoisotopic (exact) mass is 324 g/mol. The van der Waals surface area contributed by atoms with Crippen molar-refractivity contribution in [3.05, 3.63) is 29.3 Å². The van der Waals surface area contributed by atoms with Crippen molar-refractivity contribution in [2.24, 2.45) is 0 Å². The van der Waals surface area contributed by atoms with Gasteiger partial charge in [-0.15, -0.1) is 0 Å². The molecule has 1 saturated heterocycles. The van der Waals surface area contributed by atoms with Gasteiger partial charge in [0.1, 0.15) is 0 Å². The van der Waals surface area contributed by atoms with E-state index in [1.54, 1.807) is 18.2 Å². The molecule has 0 atom stereocenters. The van der Waals surface area contributed by atoms with Crippen LogP contribution in [0.4, 0.5) is 0 Å². The molecule has 22 heavy (non-hydrogen) atoms. The molecular weight excluding hydrogens is 300 g/mol. The highest BCUT2D eigenvalue weighted by atomic mass is 32.2. The lowest BCUT2D eigenvalue weighted by Crippen LogP contribution is -2.45. The van der Waals surface area contributed by atoms with E-state index >= 15 is 0 Å². The average molecular weight is 324 g/mol. The van der Waals surface area contributed by atoms with E-state index in [-0.39, 0.29) is 23.0 Å². The number of ketones is 1. The van der Waals surface area contributed by atoms with Crippen LogP contribution in [0.3, 0.4) is 0 Å². The third kappa shape index (κ3) is 4.15. The van der Waals surface area contributed by atoms with Crippen molar-refractivity contribution in [3.63, 3.8) is 0 Å². The number of piperazine rings is 1. The Kier molecular flexibility index (Phi) is 5.72. The van der Waals surface area contributed by atoms with E-state index in [1.807, 2.05) is 13.8 Å². The molecule has 122 valence electrons. The third-order valence-corrected chi connectivity index (χ3v) is 5.79. The van der Waals surface area contributed by atoms with E-state index in [4.69, 9.17) is 0 Å². The molecule has 1 aromatic carbocycles. The van der Waals surface area contributed by atoms with Gasteiger partial charge in [0, 0.05) is 31.7 Å². The van der Waals surface area contributed by atoms with Gasteiger partial charge >= 0.3 is 0 Å². The average Bonchev–Trinajstić information content (AvgIpc) is 2.47. The van der Waals surface area contributed by atoms with E-state index in [2.05, 4.69) is 10.2 Å². The first-order chi connectivity index (χ1) is 10.4. The summed E-state index contributed by atoms with van der Waals surface area (Å²) in [5, 5.41) is 3.24. The van der Waals surface area contributed by atoms with Crippen molar-refractivity contribution < 1.29 is 13.2 Å². The van der Waals surface area contributed by atoms with E-state index in [1.165, 1.54) is 0 Å². The van der Waals surface area contributed by atoms with Gasteiger partial charge in [0.05, 0.1) is 17.2 Å². The number of benzene rings is 1. The van der Waals surface area contributed by atoms with Gasteiger partial charge in [0.2, 0.25) is 0 Å². The predicted octanol–water partition coefficient (Wildman–Crippen LogP) is 1.27. The summed E-state index contributed by atoms with van der Waals surface area (Å²) in [6.45, 7) is 7.33. The van der Waals surface area contributed by atoms with Gasteiger partial charge < -0.3 is 5.32 Å². The number of Topliss-reactive ketones (excluding diaryl/α,β-unsaturated/α-hetero) is 1. The fourth-order valence-electron chi connectivity index (χ4n) is 2.67. The van der Waals surface area contributed by atoms with E-state index in [0.717, 1.165) is 31.7 Å². The van der Waals surface area contributed by atoms with Crippen LogP contribution in [-0.4, -0.2) is 57.6 Å². The summed E-state index contributed by atoms with van der Waals surface area (Å²) in [7, 11) is -3.40. The Morgan fingerprint density at radius 1 is 1.27 bits per heavy atom. The lowest BCUT2D eigenvalue weighted by Gasteiger charge is -2.26. The maximum absolute atomic E-state index is 12.6. The number of aryl methyl sites for hydroxylation is 1. The normalized spacial score (nSPS) is 16.6. The van der Waals surface area contributed by atoms with E-state index in [9.17, 15) is 13.2 Å². The summed E-state index contributed by atoms with van der Waals surface area (Å²) in [6.07, 6.45) is 0.543. The molecule has 0 aliphatic carbocycles. The minimum absolute atomic E-state index is 0.0734. The van der Waals surface area contributed by atoms with Gasteiger partial charge in [-0.1, -0.05) is 18.6 Å². The highest BCUT2D eigenvalue weighted by molar-refractivity contribution is 7.91. The number of sulfone groups is 1. The molecule has 0 radical (unpaired) electrons. The van der Waals surface area contributed by atoms with Crippen molar-refractivity contribution in [1.82, 2.24) is 10.2 Å². The smallest absolute Gasteiger partial charge is 0.179 e. The molecule has 0 aromatic heterocycles. The van der Waals surface area contributed by atoms with Crippen molar-refractivity contribution >= 4 is 15.6 Å². The zero-order valence-electron chi connectivity index (χ0n) is 13.3. The first kappa shape index (κ1) is 17.1. The van der Waals surface area contributed by atoms with Crippen LogP contribution in [0.2, 0.25) is 0 Å². The molecule has 2 rings (SSSR count). The highest BCUT2D eigenvalue weighted by Crippen LogP contribution is 2.20. The minimum Gasteiger partial charge on any atom is -0.314 e. The Morgan fingerprint density at radius 3 is 2.59 bits per heavy atom. The summed E-state index contributed by atoms with van der Waals surface area (Å²) >= 11 is 0. The van der Waals surface area contributed by atoms with Gasteiger partial charge in [-0.25, -0.2) is 8.42 Å². The summed E-state index contributed by atoms with van der Waals surface area (Å²) in [6, 6.07) is 5.03. The molecule has 1 heterocycles. The fourth-order valence-corrected chi connectivity index (χ4v) is 4.21. The summed E-state index contributed by atoms with van der Waals surface area (Å²) in [4.78, 5) is 14.9. The molecule has 6 heteroatoms. The third-order valence-electron chi connectivity index (χ3n) is 3.82. The molecule has 1 N–H and O–H groups in total. The summed E-state index contributed by atoms with van der Waals surface area (Å²) in [5.74, 6) is -0.0375. The minimum atomic E-state index is -3.40. The van der Waals surface area contributed by atoms with Crippen molar-refractivity contribution in [2.75, 3.05) is 38.5 Å². The van der Waals surface area contributed by atoms with Crippen LogP contribution in [0.1, 0.15) is 29.3 Å². The lowest BCUT2D eigenvalue weighted by atomic mass is 10.1.